The molecule has 254 valence electrons. The molecule has 6 heteroatoms. The number of rotatable bonds is 6. The van der Waals surface area contributed by atoms with Crippen LogP contribution in [0.25, 0.3) is 0 Å². The number of nitrogens with zero attached hydrogens (tertiary/aromatic N) is 3. The predicted molar refractivity (Wildman–Crippen MR) is 197 cm³/mol. The Morgan fingerprint density at radius 2 is 1.02 bits per heavy atom. The van der Waals surface area contributed by atoms with Crippen LogP contribution in [0.2, 0.25) is 0 Å². The first-order chi connectivity index (χ1) is 23.4. The topological polar surface area (TPSA) is 64.7 Å². The molecule has 6 nitrogen and oxygen atoms in total. The zero-order valence-corrected chi connectivity index (χ0v) is 29.9. The summed E-state index contributed by atoms with van der Waals surface area (Å²) in [7, 11) is 0. The maximum atomic E-state index is 13.6. The van der Waals surface area contributed by atoms with Crippen LogP contribution in [0, 0.1) is 10.8 Å². The summed E-state index contributed by atoms with van der Waals surface area (Å²) >= 11 is 0. The van der Waals surface area contributed by atoms with Crippen LogP contribution in [0.15, 0.2) is 101 Å². The molecule has 49 heavy (non-hydrogen) atoms. The third-order valence-corrected chi connectivity index (χ3v) is 14.0. The van der Waals surface area contributed by atoms with Crippen molar-refractivity contribution < 1.29 is 0 Å². The summed E-state index contributed by atoms with van der Waals surface area (Å²) < 4.78 is 6.10. The summed E-state index contributed by atoms with van der Waals surface area (Å²) in [6, 6.07) is 31.0. The Hall–Kier alpha value is -4.32. The van der Waals surface area contributed by atoms with Crippen LogP contribution in [-0.4, -0.2) is 19.1 Å². The van der Waals surface area contributed by atoms with Gasteiger partial charge in [0.2, 0.25) is 0 Å². The van der Waals surface area contributed by atoms with Gasteiger partial charge in [-0.25, -0.2) is 9.36 Å². The van der Waals surface area contributed by atoms with E-state index in [2.05, 4.69) is 99.9 Å². The molecule has 4 atom stereocenters. The second kappa shape index (κ2) is 11.1. The molecule has 0 radical (unpaired) electrons. The van der Waals surface area contributed by atoms with Gasteiger partial charge in [-0.05, 0) is 65.0 Å². The fraction of sp³-hybridized carbons (Fsp3) is 0.442. The van der Waals surface area contributed by atoms with Gasteiger partial charge in [0, 0.05) is 27.7 Å². The minimum absolute atomic E-state index is 0.0584. The van der Waals surface area contributed by atoms with Crippen LogP contribution in [0.4, 0.5) is 0 Å². The molecule has 0 aliphatic heterocycles. The molecule has 3 aromatic carbocycles. The number of nitrogens with one attached hydrogen (secondary N) is 1. The molecule has 9 rings (SSSR count). The van der Waals surface area contributed by atoms with Crippen molar-refractivity contribution >= 4 is 0 Å². The van der Waals surface area contributed by atoms with Crippen LogP contribution in [0.3, 0.4) is 0 Å². The maximum Gasteiger partial charge on any atom is 0.270 e. The van der Waals surface area contributed by atoms with Crippen molar-refractivity contribution in [2.75, 3.05) is 0 Å². The minimum Gasteiger partial charge on any atom is -0.299 e. The fourth-order valence-corrected chi connectivity index (χ4v) is 10.3. The molecule has 0 unspecified atom stereocenters. The van der Waals surface area contributed by atoms with Gasteiger partial charge in [0.1, 0.15) is 0 Å². The highest BCUT2D eigenvalue weighted by Gasteiger charge is 2.63. The van der Waals surface area contributed by atoms with E-state index in [4.69, 9.17) is 0 Å². The van der Waals surface area contributed by atoms with E-state index < -0.39 is 0 Å². The number of aromatic amines is 1. The van der Waals surface area contributed by atoms with Crippen LogP contribution in [0.1, 0.15) is 118 Å². The summed E-state index contributed by atoms with van der Waals surface area (Å²) in [5, 5.41) is 3.44. The summed E-state index contributed by atoms with van der Waals surface area (Å²) in [6.07, 6.45) is 4.63. The molecule has 4 aliphatic rings. The van der Waals surface area contributed by atoms with Gasteiger partial charge in [-0.2, -0.15) is 0 Å². The first-order valence-electron chi connectivity index (χ1n) is 18.2. The molecular weight excluding hydrogens is 604 g/mol. The Morgan fingerprint density at radius 1 is 0.571 bits per heavy atom. The lowest BCUT2D eigenvalue weighted by Crippen LogP contribution is -2.36. The smallest absolute Gasteiger partial charge is 0.270 e. The zero-order valence-electron chi connectivity index (χ0n) is 29.9. The third-order valence-electron chi connectivity index (χ3n) is 14.0. The average Bonchev–Trinajstić information content (AvgIpc) is 3.80. The molecule has 0 spiro atoms. The molecule has 2 saturated carbocycles. The molecule has 4 aliphatic carbocycles. The van der Waals surface area contributed by atoms with Crippen molar-refractivity contribution in [1.29, 1.82) is 0 Å². The van der Waals surface area contributed by atoms with Crippen molar-refractivity contribution in [2.24, 2.45) is 10.8 Å². The summed E-state index contributed by atoms with van der Waals surface area (Å²) in [6.45, 7) is 16.1. The number of H-pyrrole nitrogens is 1. The lowest BCUT2D eigenvalue weighted by molar-refractivity contribution is 0.214. The Labute approximate surface area is 289 Å². The van der Waals surface area contributed by atoms with Gasteiger partial charge >= 0.3 is 0 Å². The highest BCUT2D eigenvalue weighted by Crippen LogP contribution is 2.67. The quantitative estimate of drug-likeness (QED) is 0.200. The highest BCUT2D eigenvalue weighted by molar-refractivity contribution is 5.46. The number of hydrogen-bond acceptors (Lipinski definition) is 2. The maximum absolute atomic E-state index is 13.6. The summed E-state index contributed by atoms with van der Waals surface area (Å²) in [4.78, 5) is 26.5. The molecule has 2 fully saturated rings. The van der Waals surface area contributed by atoms with Gasteiger partial charge in [0.25, 0.3) is 11.1 Å². The van der Waals surface area contributed by atoms with Gasteiger partial charge in [0.05, 0.1) is 25.3 Å². The average molecular weight is 655 g/mol. The van der Waals surface area contributed by atoms with E-state index in [0.29, 0.717) is 24.9 Å². The van der Waals surface area contributed by atoms with Gasteiger partial charge in [-0.3, -0.25) is 19.4 Å². The third kappa shape index (κ3) is 4.51. The number of hydrogen-bond donors (Lipinski definition) is 1. The van der Waals surface area contributed by atoms with Crippen molar-refractivity contribution in [3.05, 3.63) is 151 Å². The molecule has 5 aromatic rings. The van der Waals surface area contributed by atoms with Crippen LogP contribution >= 0.6 is 0 Å². The Bertz CT molecular complexity index is 2130. The van der Waals surface area contributed by atoms with Gasteiger partial charge in [0.15, 0.2) is 0 Å². The van der Waals surface area contributed by atoms with Crippen molar-refractivity contribution in [2.45, 2.75) is 110 Å². The summed E-state index contributed by atoms with van der Waals surface area (Å²) in [5.41, 5.74) is 9.14. The standard InChI is InChI=1S/C25H28N2O.C18H22N2O/c1-24(2)20-14-15-25(24,3)22-21(20)23(28)27(17-19-12-8-5-9-13-19)26(22)16-18-10-6-4-7-11-18;1-17(2)13-9-10-18(17,3)15-14(13)16(21)20(19-15)11-12-7-5-4-6-8-12/h4-13,20H,14-17H2,1-3H3;4-8,13,19H,9-11H2,1-3H3/t20-,25+;13-,18+/m11/s1. The van der Waals surface area contributed by atoms with Gasteiger partial charge in [-0.15, -0.1) is 0 Å². The Balaban J connectivity index is 0.000000148. The number of fused-ring (bicyclic) bond motifs is 10. The van der Waals surface area contributed by atoms with Crippen LogP contribution in [0.5, 0.6) is 0 Å². The monoisotopic (exact) mass is 654 g/mol. The van der Waals surface area contributed by atoms with Gasteiger partial charge < -0.3 is 0 Å². The van der Waals surface area contributed by atoms with E-state index in [9.17, 15) is 9.59 Å². The molecule has 4 bridgehead atoms. The van der Waals surface area contributed by atoms with Gasteiger partial charge in [-0.1, -0.05) is 133 Å². The minimum atomic E-state index is 0.0584. The van der Waals surface area contributed by atoms with E-state index in [0.717, 1.165) is 36.1 Å². The first kappa shape index (κ1) is 31.9. The number of benzene rings is 3. The Morgan fingerprint density at radius 3 is 1.55 bits per heavy atom. The second-order valence-corrected chi connectivity index (χ2v) is 16.7. The molecule has 0 saturated heterocycles. The van der Waals surface area contributed by atoms with Crippen molar-refractivity contribution in [3.8, 4) is 0 Å². The van der Waals surface area contributed by atoms with Crippen LogP contribution in [-0.2, 0) is 30.5 Å². The van der Waals surface area contributed by atoms with Crippen molar-refractivity contribution in [3.63, 3.8) is 0 Å². The lowest BCUT2D eigenvalue weighted by atomic mass is 9.70. The van der Waals surface area contributed by atoms with E-state index in [1.54, 1.807) is 4.68 Å². The molecule has 1 N–H and O–H groups in total. The van der Waals surface area contributed by atoms with E-state index in [-0.39, 0.29) is 32.8 Å². The molecular formula is C43H50N4O2. The fourth-order valence-electron chi connectivity index (χ4n) is 10.3. The largest absolute Gasteiger partial charge is 0.299 e. The van der Waals surface area contributed by atoms with E-state index in [1.165, 1.54) is 35.4 Å². The first-order valence-corrected chi connectivity index (χ1v) is 18.2. The summed E-state index contributed by atoms with van der Waals surface area (Å²) in [5.74, 6) is 0.789. The van der Waals surface area contributed by atoms with Crippen molar-refractivity contribution in [1.82, 2.24) is 19.1 Å². The molecule has 2 heterocycles. The number of aromatic nitrogens is 4. The normalized spacial score (nSPS) is 26.3. The Kier molecular flexibility index (Phi) is 7.23. The second-order valence-electron chi connectivity index (χ2n) is 16.7. The zero-order chi connectivity index (χ0) is 34.3. The SMILES string of the molecule is CC1(C)[C@@H]2CC[C@@]1(C)c1[nH]n(Cc3ccccc3)c(=O)c12.CC1(C)[C@@H]2CC[C@@]1(C)c1c2c(=O)n(Cc2ccccc2)n1Cc1ccccc1. The highest BCUT2D eigenvalue weighted by atomic mass is 16.1. The predicted octanol–water partition coefficient (Wildman–Crippen LogP) is 8.32. The molecule has 2 aromatic heterocycles. The van der Waals surface area contributed by atoms with Crippen LogP contribution < -0.4 is 11.1 Å². The molecule has 0 amide bonds. The van der Waals surface area contributed by atoms with E-state index in [1.807, 2.05) is 47.1 Å². The lowest BCUT2D eigenvalue weighted by Gasteiger charge is -2.36. The van der Waals surface area contributed by atoms with E-state index >= 15 is 0 Å².